The van der Waals surface area contributed by atoms with Gasteiger partial charge in [0.15, 0.2) is 6.29 Å². The number of carbonyl (C=O) groups excluding carboxylic acids is 1. The van der Waals surface area contributed by atoms with Crippen molar-refractivity contribution in [2.45, 2.75) is 45.4 Å². The van der Waals surface area contributed by atoms with E-state index in [0.717, 1.165) is 12.8 Å². The van der Waals surface area contributed by atoms with Crippen LogP contribution in [-0.4, -0.2) is 37.5 Å². The summed E-state index contributed by atoms with van der Waals surface area (Å²) in [5, 5.41) is 2.80. The molecule has 0 heterocycles. The average molecular weight is 244 g/mol. The quantitative estimate of drug-likeness (QED) is 0.614. The summed E-state index contributed by atoms with van der Waals surface area (Å²) >= 11 is 0. The van der Waals surface area contributed by atoms with Crippen LogP contribution in [0.2, 0.25) is 0 Å². The maximum atomic E-state index is 11.9. The Balaban J connectivity index is 2.34. The third kappa shape index (κ3) is 4.26. The number of rotatable bonds is 8. The number of nitrogens with one attached hydrogen (secondary N) is 1. The van der Waals surface area contributed by atoms with Gasteiger partial charge in [-0.05, 0) is 39.5 Å². The molecule has 0 radical (unpaired) electrons. The molecule has 1 aliphatic carbocycles. The molecule has 1 aliphatic rings. The summed E-state index contributed by atoms with van der Waals surface area (Å²) in [7, 11) is 0. The molecule has 0 saturated heterocycles. The zero-order valence-corrected chi connectivity index (χ0v) is 11.0. The number of nitrogens with two attached hydrogens (primary N) is 1. The molecular formula is C12H24N2O3. The second-order valence-corrected chi connectivity index (χ2v) is 4.61. The van der Waals surface area contributed by atoms with Crippen molar-refractivity contribution in [3.05, 3.63) is 0 Å². The Labute approximate surface area is 103 Å². The van der Waals surface area contributed by atoms with E-state index in [9.17, 15) is 4.79 Å². The number of carbonyl (C=O) groups is 1. The Kier molecular flexibility index (Phi) is 5.36. The highest BCUT2D eigenvalue weighted by molar-refractivity contribution is 5.86. The second kappa shape index (κ2) is 6.33. The minimum absolute atomic E-state index is 0.121. The van der Waals surface area contributed by atoms with Gasteiger partial charge >= 0.3 is 0 Å². The van der Waals surface area contributed by atoms with E-state index >= 15 is 0 Å². The Morgan fingerprint density at radius 3 is 2.35 bits per heavy atom. The summed E-state index contributed by atoms with van der Waals surface area (Å²) in [6, 6.07) is 0. The Bertz CT molecular complexity index is 246. The van der Waals surface area contributed by atoms with Gasteiger partial charge in [0.2, 0.25) is 5.91 Å². The van der Waals surface area contributed by atoms with Gasteiger partial charge in [0.05, 0.1) is 12.1 Å². The first-order valence-electron chi connectivity index (χ1n) is 6.32. The maximum absolute atomic E-state index is 11.9. The van der Waals surface area contributed by atoms with Crippen LogP contribution in [0.1, 0.15) is 33.6 Å². The fraction of sp³-hybridized carbons (Fsp3) is 0.917. The van der Waals surface area contributed by atoms with Gasteiger partial charge in [-0.2, -0.15) is 0 Å². The SMILES string of the molecule is CCOC(CNC(=O)C(C)(N)C1CC1)OCC. The zero-order chi connectivity index (χ0) is 12.9. The molecule has 3 N–H and O–H groups in total. The molecule has 1 fully saturated rings. The molecular weight excluding hydrogens is 220 g/mol. The van der Waals surface area contributed by atoms with E-state index in [2.05, 4.69) is 5.32 Å². The minimum atomic E-state index is -0.761. The van der Waals surface area contributed by atoms with Crippen LogP contribution in [0.15, 0.2) is 0 Å². The van der Waals surface area contributed by atoms with E-state index in [1.165, 1.54) is 0 Å². The molecule has 0 aromatic carbocycles. The molecule has 0 aromatic heterocycles. The number of amides is 1. The third-order valence-electron chi connectivity index (χ3n) is 3.05. The lowest BCUT2D eigenvalue weighted by Crippen LogP contribution is -2.54. The summed E-state index contributed by atoms with van der Waals surface area (Å²) in [6.07, 6.45) is 1.70. The van der Waals surface area contributed by atoms with Gasteiger partial charge in [0.25, 0.3) is 0 Å². The predicted molar refractivity (Wildman–Crippen MR) is 65.4 cm³/mol. The highest BCUT2D eigenvalue weighted by Gasteiger charge is 2.44. The smallest absolute Gasteiger partial charge is 0.240 e. The molecule has 0 aliphatic heterocycles. The van der Waals surface area contributed by atoms with Gasteiger partial charge in [0, 0.05) is 13.2 Å². The molecule has 1 saturated carbocycles. The lowest BCUT2D eigenvalue weighted by Gasteiger charge is -2.25. The van der Waals surface area contributed by atoms with Crippen molar-refractivity contribution in [1.82, 2.24) is 5.32 Å². The van der Waals surface area contributed by atoms with Gasteiger partial charge in [-0.3, -0.25) is 4.79 Å². The topological polar surface area (TPSA) is 73.6 Å². The van der Waals surface area contributed by atoms with Gasteiger partial charge < -0.3 is 20.5 Å². The number of hydrogen-bond donors (Lipinski definition) is 2. The van der Waals surface area contributed by atoms with Gasteiger partial charge in [0.1, 0.15) is 0 Å². The van der Waals surface area contributed by atoms with Crippen LogP contribution in [0, 0.1) is 5.92 Å². The summed E-state index contributed by atoms with van der Waals surface area (Å²) in [6.45, 7) is 7.04. The van der Waals surface area contributed by atoms with Crippen molar-refractivity contribution in [2.24, 2.45) is 11.7 Å². The van der Waals surface area contributed by atoms with E-state index in [1.807, 2.05) is 13.8 Å². The zero-order valence-electron chi connectivity index (χ0n) is 11.0. The van der Waals surface area contributed by atoms with Crippen LogP contribution in [0.3, 0.4) is 0 Å². The van der Waals surface area contributed by atoms with E-state index in [0.29, 0.717) is 25.7 Å². The first kappa shape index (κ1) is 14.4. The molecule has 1 unspecified atom stereocenters. The third-order valence-corrected chi connectivity index (χ3v) is 3.05. The van der Waals surface area contributed by atoms with E-state index in [-0.39, 0.29) is 12.2 Å². The monoisotopic (exact) mass is 244 g/mol. The van der Waals surface area contributed by atoms with Crippen LogP contribution in [0.25, 0.3) is 0 Å². The molecule has 5 nitrogen and oxygen atoms in total. The molecule has 100 valence electrons. The largest absolute Gasteiger partial charge is 0.351 e. The van der Waals surface area contributed by atoms with Gasteiger partial charge in [-0.15, -0.1) is 0 Å². The predicted octanol–water partition coefficient (Wildman–Crippen LogP) is 0.629. The van der Waals surface area contributed by atoms with Crippen molar-refractivity contribution in [2.75, 3.05) is 19.8 Å². The second-order valence-electron chi connectivity index (χ2n) is 4.61. The van der Waals surface area contributed by atoms with Crippen molar-refractivity contribution < 1.29 is 14.3 Å². The van der Waals surface area contributed by atoms with E-state index in [4.69, 9.17) is 15.2 Å². The average Bonchev–Trinajstić information content (AvgIpc) is 3.09. The number of ether oxygens (including phenoxy) is 2. The highest BCUT2D eigenvalue weighted by Crippen LogP contribution is 2.38. The lowest BCUT2D eigenvalue weighted by atomic mass is 9.96. The molecule has 0 spiro atoms. The van der Waals surface area contributed by atoms with Crippen LogP contribution >= 0.6 is 0 Å². The van der Waals surface area contributed by atoms with Crippen molar-refractivity contribution >= 4 is 5.91 Å². The molecule has 0 bridgehead atoms. The molecule has 17 heavy (non-hydrogen) atoms. The lowest BCUT2D eigenvalue weighted by molar-refractivity contribution is -0.142. The molecule has 1 rings (SSSR count). The molecule has 1 amide bonds. The Morgan fingerprint density at radius 2 is 1.94 bits per heavy atom. The van der Waals surface area contributed by atoms with Crippen LogP contribution in [-0.2, 0) is 14.3 Å². The van der Waals surface area contributed by atoms with Crippen LogP contribution < -0.4 is 11.1 Å². The first-order chi connectivity index (χ1) is 8.02. The van der Waals surface area contributed by atoms with Crippen molar-refractivity contribution in [3.63, 3.8) is 0 Å². The Morgan fingerprint density at radius 1 is 1.41 bits per heavy atom. The molecule has 1 atom stereocenters. The van der Waals surface area contributed by atoms with Gasteiger partial charge in [-0.25, -0.2) is 0 Å². The van der Waals surface area contributed by atoms with Gasteiger partial charge in [-0.1, -0.05) is 0 Å². The fourth-order valence-electron chi connectivity index (χ4n) is 1.77. The standard InChI is InChI=1S/C12H24N2O3/c1-4-16-10(17-5-2)8-14-11(15)12(3,13)9-6-7-9/h9-10H,4-8,13H2,1-3H3,(H,14,15). The summed E-state index contributed by atoms with van der Waals surface area (Å²) in [5.74, 6) is 0.199. The van der Waals surface area contributed by atoms with Crippen LogP contribution in [0.4, 0.5) is 0 Å². The first-order valence-corrected chi connectivity index (χ1v) is 6.32. The summed E-state index contributed by atoms with van der Waals surface area (Å²) in [4.78, 5) is 11.9. The summed E-state index contributed by atoms with van der Waals surface area (Å²) < 4.78 is 10.7. The van der Waals surface area contributed by atoms with E-state index in [1.54, 1.807) is 6.92 Å². The molecule has 0 aromatic rings. The number of hydrogen-bond acceptors (Lipinski definition) is 4. The van der Waals surface area contributed by atoms with Crippen LogP contribution in [0.5, 0.6) is 0 Å². The molecule has 5 heteroatoms. The fourth-order valence-corrected chi connectivity index (χ4v) is 1.77. The summed E-state index contributed by atoms with van der Waals surface area (Å²) in [5.41, 5.74) is 5.25. The van der Waals surface area contributed by atoms with E-state index < -0.39 is 5.54 Å². The highest BCUT2D eigenvalue weighted by atomic mass is 16.7. The van der Waals surface area contributed by atoms with Crippen molar-refractivity contribution in [1.29, 1.82) is 0 Å². The maximum Gasteiger partial charge on any atom is 0.240 e. The normalized spacial score (nSPS) is 19.1. The Hall–Kier alpha value is -0.650. The van der Waals surface area contributed by atoms with Crippen molar-refractivity contribution in [3.8, 4) is 0 Å². The minimum Gasteiger partial charge on any atom is -0.351 e.